The fourth-order valence-electron chi connectivity index (χ4n) is 5.10. The lowest BCUT2D eigenvalue weighted by Crippen LogP contribution is -2.27. The van der Waals surface area contributed by atoms with Gasteiger partial charge >= 0.3 is 0 Å². The van der Waals surface area contributed by atoms with Crippen LogP contribution in [0.3, 0.4) is 0 Å². The van der Waals surface area contributed by atoms with Crippen LogP contribution in [0.4, 0.5) is 11.6 Å². The molecule has 0 bridgehead atoms. The van der Waals surface area contributed by atoms with Crippen molar-refractivity contribution >= 4 is 17.5 Å². The first-order valence-corrected chi connectivity index (χ1v) is 11.2. The molecule has 0 spiro atoms. The second-order valence-corrected chi connectivity index (χ2v) is 9.26. The minimum atomic E-state index is -0.234. The van der Waals surface area contributed by atoms with Crippen LogP contribution in [-0.2, 0) is 13.0 Å². The van der Waals surface area contributed by atoms with E-state index in [1.807, 2.05) is 12.3 Å². The van der Waals surface area contributed by atoms with E-state index < -0.39 is 0 Å². The summed E-state index contributed by atoms with van der Waals surface area (Å²) >= 11 is 0. The highest BCUT2D eigenvalue weighted by Crippen LogP contribution is 2.46. The molecule has 1 saturated carbocycles. The van der Waals surface area contributed by atoms with E-state index in [9.17, 15) is 4.79 Å². The molecule has 0 radical (unpaired) electrons. The molecule has 3 aliphatic rings. The monoisotopic (exact) mass is 430 g/mol. The number of hydrogen-bond acceptors (Lipinski definition) is 7. The Hall–Kier alpha value is -3.49. The van der Waals surface area contributed by atoms with Crippen molar-refractivity contribution in [3.05, 3.63) is 58.7 Å². The lowest BCUT2D eigenvalue weighted by molar-refractivity contribution is 0.0931. The summed E-state index contributed by atoms with van der Waals surface area (Å²) in [6.07, 6.45) is 8.29. The molecular weight excluding hydrogens is 404 g/mol. The number of pyridine rings is 2. The highest BCUT2D eigenvalue weighted by atomic mass is 16.2. The lowest BCUT2D eigenvalue weighted by Gasteiger charge is -2.20. The number of piperidine rings is 1. The highest BCUT2D eigenvalue weighted by molar-refractivity contribution is 5.92. The summed E-state index contributed by atoms with van der Waals surface area (Å²) in [6, 6.07) is 4.00. The number of aromatic nitrogens is 5. The molecule has 3 N–H and O–H groups in total. The Morgan fingerprint density at radius 3 is 2.94 bits per heavy atom. The number of fused-ring (bicyclic) bond motifs is 2. The van der Waals surface area contributed by atoms with Crippen molar-refractivity contribution in [2.45, 2.75) is 38.8 Å². The van der Waals surface area contributed by atoms with Crippen molar-refractivity contribution in [2.75, 3.05) is 23.7 Å². The predicted molar refractivity (Wildman–Crippen MR) is 119 cm³/mol. The summed E-state index contributed by atoms with van der Waals surface area (Å²) in [5, 5.41) is 11.3. The van der Waals surface area contributed by atoms with Gasteiger partial charge in [0.2, 0.25) is 0 Å². The summed E-state index contributed by atoms with van der Waals surface area (Å²) in [5.41, 5.74) is 10.6. The van der Waals surface area contributed by atoms with Gasteiger partial charge in [-0.1, -0.05) is 5.21 Å². The van der Waals surface area contributed by atoms with Crippen molar-refractivity contribution in [1.82, 2.24) is 30.3 Å². The summed E-state index contributed by atoms with van der Waals surface area (Å²) in [7, 11) is 0. The standard InChI is InChI=1S/C23H26N8O/c1-13-6-21(30-9-14-7-15(14)10-30)26-8-16(13)11-31-12-20(28-29-31)23(32)27-19-3-2-18-17(19)4-5-25-22(18)24/h4-6,8,12,14-15,19H,2-3,7,9-11H2,1H3,(H2,24,25)(H,27,32)/t14?,15?,19-/m1/s1. The van der Waals surface area contributed by atoms with Gasteiger partial charge in [-0.25, -0.2) is 14.6 Å². The molecule has 2 unspecified atom stereocenters. The topological polar surface area (TPSA) is 115 Å². The second-order valence-electron chi connectivity index (χ2n) is 9.26. The van der Waals surface area contributed by atoms with Crippen LogP contribution in [0.5, 0.6) is 0 Å². The van der Waals surface area contributed by atoms with Gasteiger partial charge in [0, 0.05) is 25.5 Å². The van der Waals surface area contributed by atoms with Gasteiger partial charge < -0.3 is 16.0 Å². The number of amides is 1. The fraction of sp³-hybridized carbons (Fsp3) is 0.435. The van der Waals surface area contributed by atoms with Gasteiger partial charge in [0.1, 0.15) is 11.6 Å². The Balaban J connectivity index is 1.12. The molecule has 1 saturated heterocycles. The first-order valence-electron chi connectivity index (χ1n) is 11.2. The number of hydrogen-bond donors (Lipinski definition) is 2. The minimum Gasteiger partial charge on any atom is -0.383 e. The zero-order valence-electron chi connectivity index (χ0n) is 18.0. The third kappa shape index (κ3) is 3.37. The van der Waals surface area contributed by atoms with Crippen LogP contribution in [0.2, 0.25) is 0 Å². The van der Waals surface area contributed by atoms with E-state index in [1.165, 1.54) is 12.0 Å². The molecule has 1 aliphatic heterocycles. The molecule has 6 rings (SSSR count). The molecule has 3 atom stereocenters. The zero-order valence-corrected chi connectivity index (χ0v) is 18.0. The maximum absolute atomic E-state index is 12.8. The largest absolute Gasteiger partial charge is 0.383 e. The molecule has 4 heterocycles. The van der Waals surface area contributed by atoms with Crippen LogP contribution in [0, 0.1) is 18.8 Å². The number of nitrogen functional groups attached to an aromatic ring is 1. The molecule has 2 aliphatic carbocycles. The van der Waals surface area contributed by atoms with Crippen molar-refractivity contribution < 1.29 is 4.79 Å². The Bertz CT molecular complexity index is 1190. The number of aryl methyl sites for hydroxylation is 1. The summed E-state index contributed by atoms with van der Waals surface area (Å²) < 4.78 is 1.69. The van der Waals surface area contributed by atoms with Crippen LogP contribution < -0.4 is 16.0 Å². The van der Waals surface area contributed by atoms with Crippen molar-refractivity contribution in [1.29, 1.82) is 0 Å². The quantitative estimate of drug-likeness (QED) is 0.635. The summed E-state index contributed by atoms with van der Waals surface area (Å²) in [4.78, 5) is 24.0. The molecular formula is C23H26N8O. The van der Waals surface area contributed by atoms with Crippen LogP contribution in [0.1, 0.15) is 51.6 Å². The first kappa shape index (κ1) is 19.2. The third-order valence-electron chi connectivity index (χ3n) is 7.10. The Labute approximate surface area is 186 Å². The zero-order chi connectivity index (χ0) is 21.8. The van der Waals surface area contributed by atoms with Crippen molar-refractivity contribution in [3.63, 3.8) is 0 Å². The van der Waals surface area contributed by atoms with Crippen LogP contribution in [0.25, 0.3) is 0 Å². The van der Waals surface area contributed by atoms with Gasteiger partial charge in [0.15, 0.2) is 5.69 Å². The summed E-state index contributed by atoms with van der Waals surface area (Å²) in [6.45, 7) is 4.89. The van der Waals surface area contributed by atoms with Gasteiger partial charge in [-0.2, -0.15) is 0 Å². The second kappa shape index (κ2) is 7.29. The normalized spacial score (nSPS) is 23.2. The van der Waals surface area contributed by atoms with Gasteiger partial charge in [0.05, 0.1) is 18.8 Å². The maximum atomic E-state index is 12.8. The molecule has 0 aromatic carbocycles. The number of carbonyl (C=O) groups is 1. The van der Waals surface area contributed by atoms with E-state index in [0.29, 0.717) is 18.1 Å². The Kier molecular flexibility index (Phi) is 4.38. The number of nitrogens with zero attached hydrogens (tertiary/aromatic N) is 6. The lowest BCUT2D eigenvalue weighted by atomic mass is 10.1. The molecule has 2 fully saturated rings. The number of nitrogens with one attached hydrogen (secondary N) is 1. The van der Waals surface area contributed by atoms with Gasteiger partial charge in [-0.15, -0.1) is 5.10 Å². The van der Waals surface area contributed by atoms with Crippen LogP contribution in [0.15, 0.2) is 30.7 Å². The van der Waals surface area contributed by atoms with E-state index in [2.05, 4.69) is 43.5 Å². The van der Waals surface area contributed by atoms with E-state index in [0.717, 1.165) is 60.3 Å². The van der Waals surface area contributed by atoms with Gasteiger partial charge in [-0.05, 0) is 72.4 Å². The fourth-order valence-corrected chi connectivity index (χ4v) is 5.10. The average Bonchev–Trinajstić information content (AvgIpc) is 3.17. The Morgan fingerprint density at radius 2 is 2.12 bits per heavy atom. The average molecular weight is 431 g/mol. The molecule has 3 aromatic rings. The Morgan fingerprint density at radius 1 is 1.28 bits per heavy atom. The molecule has 9 heteroatoms. The van der Waals surface area contributed by atoms with Crippen LogP contribution in [-0.4, -0.2) is 44.0 Å². The summed E-state index contributed by atoms with van der Waals surface area (Å²) in [5.74, 6) is 3.13. The van der Waals surface area contributed by atoms with Crippen molar-refractivity contribution in [2.24, 2.45) is 11.8 Å². The third-order valence-corrected chi connectivity index (χ3v) is 7.10. The first-order chi connectivity index (χ1) is 15.5. The molecule has 9 nitrogen and oxygen atoms in total. The van der Waals surface area contributed by atoms with Crippen LogP contribution >= 0.6 is 0 Å². The SMILES string of the molecule is Cc1cc(N2CC3CC3C2)ncc1Cn1cc(C(=O)N[C@@H]2CCc3c2ccnc3N)nn1. The predicted octanol–water partition coefficient (Wildman–Crippen LogP) is 1.88. The number of anilines is 2. The molecule has 32 heavy (non-hydrogen) atoms. The molecule has 3 aromatic heterocycles. The van der Waals surface area contributed by atoms with E-state index in [1.54, 1.807) is 17.1 Å². The number of rotatable bonds is 5. The van der Waals surface area contributed by atoms with Gasteiger partial charge in [0.25, 0.3) is 5.91 Å². The molecule has 164 valence electrons. The van der Waals surface area contributed by atoms with E-state index >= 15 is 0 Å². The smallest absolute Gasteiger partial charge is 0.273 e. The van der Waals surface area contributed by atoms with Gasteiger partial charge in [-0.3, -0.25) is 4.79 Å². The number of carbonyl (C=O) groups excluding carboxylic acids is 1. The molecule has 1 amide bonds. The highest BCUT2D eigenvalue weighted by Gasteiger charge is 2.45. The van der Waals surface area contributed by atoms with E-state index in [-0.39, 0.29) is 11.9 Å². The number of nitrogens with two attached hydrogens (primary N) is 1. The minimum absolute atomic E-state index is 0.0800. The van der Waals surface area contributed by atoms with Crippen molar-refractivity contribution in [3.8, 4) is 0 Å². The van der Waals surface area contributed by atoms with E-state index in [4.69, 9.17) is 5.73 Å². The maximum Gasteiger partial charge on any atom is 0.273 e.